The lowest BCUT2D eigenvalue weighted by Crippen LogP contribution is -2.38. The van der Waals surface area contributed by atoms with Gasteiger partial charge in [-0.05, 0) is 25.8 Å². The molecule has 0 spiro atoms. The molecule has 0 fully saturated rings. The maximum atomic E-state index is 12.4. The lowest BCUT2D eigenvalue weighted by Gasteiger charge is -2.38. The maximum absolute atomic E-state index is 12.4. The van der Waals surface area contributed by atoms with Crippen LogP contribution in [0.5, 0.6) is 0 Å². The van der Waals surface area contributed by atoms with Gasteiger partial charge in [0.15, 0.2) is 0 Å². The Labute approximate surface area is 130 Å². The Hall–Kier alpha value is -2.30. The molecule has 1 aliphatic heterocycles. The fourth-order valence-corrected chi connectivity index (χ4v) is 3.03. The molecule has 1 amide bonds. The van der Waals surface area contributed by atoms with Crippen molar-refractivity contribution >= 4 is 11.7 Å². The van der Waals surface area contributed by atoms with Crippen LogP contribution in [0, 0.1) is 0 Å². The van der Waals surface area contributed by atoms with Crippen LogP contribution in [0.3, 0.4) is 0 Å². The highest BCUT2D eigenvalue weighted by Crippen LogP contribution is 2.39. The van der Waals surface area contributed by atoms with Crippen LogP contribution in [0.25, 0.3) is 0 Å². The van der Waals surface area contributed by atoms with Crippen molar-refractivity contribution in [3.05, 3.63) is 47.7 Å². The summed E-state index contributed by atoms with van der Waals surface area (Å²) in [6.45, 7) is 4.31. The fourth-order valence-electron chi connectivity index (χ4n) is 3.03. The third kappa shape index (κ3) is 2.36. The van der Waals surface area contributed by atoms with Crippen LogP contribution in [-0.2, 0) is 5.54 Å². The zero-order chi connectivity index (χ0) is 15.9. The molecular formula is C17H22N4O. The molecule has 0 bridgehead atoms. The number of nitrogens with one attached hydrogen (secondary N) is 1. The molecule has 1 aromatic heterocycles. The Bertz CT molecular complexity index is 688. The summed E-state index contributed by atoms with van der Waals surface area (Å²) in [4.78, 5) is 13.9. The predicted molar refractivity (Wildman–Crippen MR) is 87.0 cm³/mol. The number of nitrogens with zero attached hydrogens (tertiary/aromatic N) is 3. The molecule has 0 radical (unpaired) electrons. The monoisotopic (exact) mass is 298 g/mol. The van der Waals surface area contributed by atoms with E-state index in [2.05, 4.69) is 36.4 Å². The largest absolute Gasteiger partial charge is 0.363 e. The van der Waals surface area contributed by atoms with Crippen LogP contribution in [0.2, 0.25) is 0 Å². The van der Waals surface area contributed by atoms with Crippen LogP contribution in [-0.4, -0.2) is 34.7 Å². The van der Waals surface area contributed by atoms with Gasteiger partial charge in [0.1, 0.15) is 11.4 Å². The third-order valence-electron chi connectivity index (χ3n) is 4.20. The number of fused-ring (bicyclic) bond motifs is 1. The van der Waals surface area contributed by atoms with E-state index >= 15 is 0 Å². The van der Waals surface area contributed by atoms with E-state index in [9.17, 15) is 4.79 Å². The first-order valence-electron chi connectivity index (χ1n) is 7.52. The third-order valence-corrected chi connectivity index (χ3v) is 4.20. The Morgan fingerprint density at radius 2 is 2.00 bits per heavy atom. The molecule has 116 valence electrons. The minimum Gasteiger partial charge on any atom is -0.363 e. The number of hydrogen-bond acceptors (Lipinski definition) is 3. The lowest BCUT2D eigenvalue weighted by atomic mass is 9.89. The van der Waals surface area contributed by atoms with E-state index in [4.69, 9.17) is 0 Å². The molecule has 0 saturated carbocycles. The van der Waals surface area contributed by atoms with Crippen molar-refractivity contribution in [3.8, 4) is 0 Å². The molecule has 1 aromatic carbocycles. The number of amides is 1. The van der Waals surface area contributed by atoms with Crippen molar-refractivity contribution in [2.75, 3.05) is 19.4 Å². The second kappa shape index (κ2) is 5.16. The molecule has 0 saturated heterocycles. The highest BCUT2D eigenvalue weighted by molar-refractivity contribution is 5.98. The minimum absolute atomic E-state index is 0.0294. The molecule has 22 heavy (non-hydrogen) atoms. The van der Waals surface area contributed by atoms with Crippen LogP contribution in [0.4, 0.5) is 5.82 Å². The average molecular weight is 298 g/mol. The highest BCUT2D eigenvalue weighted by Gasteiger charge is 2.36. The number of rotatable bonds is 2. The summed E-state index contributed by atoms with van der Waals surface area (Å²) in [7, 11) is 3.52. The standard InChI is InChI=1S/C17H22N4O/c1-17(2)10-14(12-8-6-5-7-9-12)19-15-13(11-18-21(15)17)16(22)20(3)4/h5-9,11,14,19H,10H2,1-4H3. The van der Waals surface area contributed by atoms with E-state index in [1.54, 1.807) is 25.2 Å². The number of aromatic nitrogens is 2. The van der Waals surface area contributed by atoms with Crippen molar-refractivity contribution in [3.63, 3.8) is 0 Å². The van der Waals surface area contributed by atoms with Crippen LogP contribution in [0.1, 0.15) is 42.2 Å². The van der Waals surface area contributed by atoms with Gasteiger partial charge in [-0.25, -0.2) is 4.68 Å². The van der Waals surface area contributed by atoms with Crippen molar-refractivity contribution in [2.45, 2.75) is 31.8 Å². The van der Waals surface area contributed by atoms with E-state index in [1.807, 2.05) is 22.9 Å². The summed E-state index contributed by atoms with van der Waals surface area (Å²) in [6.07, 6.45) is 2.58. The van der Waals surface area contributed by atoms with Gasteiger partial charge in [0.25, 0.3) is 5.91 Å². The zero-order valence-electron chi connectivity index (χ0n) is 13.5. The Kier molecular flexibility index (Phi) is 3.43. The molecule has 1 N–H and O–H groups in total. The topological polar surface area (TPSA) is 50.2 Å². The molecule has 1 unspecified atom stereocenters. The van der Waals surface area contributed by atoms with Gasteiger partial charge in [-0.3, -0.25) is 4.79 Å². The number of anilines is 1. The van der Waals surface area contributed by atoms with Gasteiger partial charge in [0.05, 0.1) is 17.8 Å². The van der Waals surface area contributed by atoms with Crippen molar-refractivity contribution in [1.29, 1.82) is 0 Å². The second-order valence-corrected chi connectivity index (χ2v) is 6.64. The van der Waals surface area contributed by atoms with Crippen LogP contribution >= 0.6 is 0 Å². The van der Waals surface area contributed by atoms with Gasteiger partial charge in [-0.1, -0.05) is 30.3 Å². The first-order valence-corrected chi connectivity index (χ1v) is 7.52. The second-order valence-electron chi connectivity index (χ2n) is 6.64. The normalized spacial score (nSPS) is 19.2. The molecule has 5 nitrogen and oxygen atoms in total. The van der Waals surface area contributed by atoms with Gasteiger partial charge in [-0.2, -0.15) is 5.10 Å². The van der Waals surface area contributed by atoms with Gasteiger partial charge < -0.3 is 10.2 Å². The van der Waals surface area contributed by atoms with Gasteiger partial charge in [0.2, 0.25) is 0 Å². The average Bonchev–Trinajstić information content (AvgIpc) is 2.91. The van der Waals surface area contributed by atoms with Gasteiger partial charge in [0, 0.05) is 14.1 Å². The molecule has 5 heteroatoms. The summed E-state index contributed by atoms with van der Waals surface area (Å²) in [6, 6.07) is 10.5. The summed E-state index contributed by atoms with van der Waals surface area (Å²) in [5, 5.41) is 7.95. The van der Waals surface area contributed by atoms with E-state index in [-0.39, 0.29) is 17.5 Å². The van der Waals surface area contributed by atoms with E-state index in [1.165, 1.54) is 5.56 Å². The Morgan fingerprint density at radius 3 is 2.64 bits per heavy atom. The molecule has 2 heterocycles. The van der Waals surface area contributed by atoms with Crippen LogP contribution < -0.4 is 5.32 Å². The number of carbonyl (C=O) groups excluding carboxylic acids is 1. The molecule has 1 aliphatic rings. The van der Waals surface area contributed by atoms with Gasteiger partial charge >= 0.3 is 0 Å². The van der Waals surface area contributed by atoms with Crippen molar-refractivity contribution in [2.24, 2.45) is 0 Å². The molecule has 2 aromatic rings. The van der Waals surface area contributed by atoms with E-state index in [0.717, 1.165) is 12.2 Å². The number of carbonyl (C=O) groups is 1. The van der Waals surface area contributed by atoms with E-state index in [0.29, 0.717) is 5.56 Å². The van der Waals surface area contributed by atoms with Crippen molar-refractivity contribution < 1.29 is 4.79 Å². The summed E-state index contributed by atoms with van der Waals surface area (Å²) in [5.74, 6) is 0.780. The first kappa shape index (κ1) is 14.6. The molecular weight excluding hydrogens is 276 g/mol. The quantitative estimate of drug-likeness (QED) is 0.927. The summed E-state index contributed by atoms with van der Waals surface area (Å²) < 4.78 is 1.93. The Morgan fingerprint density at radius 1 is 1.32 bits per heavy atom. The maximum Gasteiger partial charge on any atom is 0.258 e. The minimum atomic E-state index is -0.147. The molecule has 3 rings (SSSR count). The number of hydrogen-bond donors (Lipinski definition) is 1. The van der Waals surface area contributed by atoms with Crippen LogP contribution in [0.15, 0.2) is 36.5 Å². The van der Waals surface area contributed by atoms with Gasteiger partial charge in [-0.15, -0.1) is 0 Å². The zero-order valence-corrected chi connectivity index (χ0v) is 13.5. The lowest BCUT2D eigenvalue weighted by molar-refractivity contribution is 0.0828. The van der Waals surface area contributed by atoms with Crippen molar-refractivity contribution in [1.82, 2.24) is 14.7 Å². The number of benzene rings is 1. The summed E-state index contributed by atoms with van der Waals surface area (Å²) in [5.41, 5.74) is 1.70. The molecule has 0 aliphatic carbocycles. The van der Waals surface area contributed by atoms with E-state index < -0.39 is 0 Å². The predicted octanol–water partition coefficient (Wildman–Crippen LogP) is 2.88. The Balaban J connectivity index is 2.03. The summed E-state index contributed by atoms with van der Waals surface area (Å²) >= 11 is 0. The smallest absolute Gasteiger partial charge is 0.258 e. The highest BCUT2D eigenvalue weighted by atomic mass is 16.2. The molecule has 1 atom stereocenters. The SMILES string of the molecule is CN(C)C(=O)c1cnn2c1NC(c1ccccc1)CC2(C)C. The first-order chi connectivity index (χ1) is 10.4. The fraction of sp³-hybridized carbons (Fsp3) is 0.412.